The highest BCUT2D eigenvalue weighted by Crippen LogP contribution is 2.50. The summed E-state index contributed by atoms with van der Waals surface area (Å²) >= 11 is 0. The standard InChI is InChI=1S/C15H23N3/c1-14(2,3)17-11-13-5-4-10-18(13)12-15(6-7-15)8-9-16/h4-5,10,17H,6-8,11-12H2,1-3H3. The van der Waals surface area contributed by atoms with Crippen LogP contribution in [-0.4, -0.2) is 10.1 Å². The van der Waals surface area contributed by atoms with E-state index in [0.717, 1.165) is 13.1 Å². The van der Waals surface area contributed by atoms with Crippen molar-refractivity contribution >= 4 is 0 Å². The van der Waals surface area contributed by atoms with Crippen molar-refractivity contribution < 1.29 is 0 Å². The lowest BCUT2D eigenvalue weighted by Gasteiger charge is -2.22. The van der Waals surface area contributed by atoms with E-state index in [9.17, 15) is 0 Å². The topological polar surface area (TPSA) is 40.8 Å². The molecule has 1 heterocycles. The zero-order valence-corrected chi connectivity index (χ0v) is 11.7. The van der Waals surface area contributed by atoms with Crippen LogP contribution in [0.1, 0.15) is 45.7 Å². The summed E-state index contributed by atoms with van der Waals surface area (Å²) in [6.07, 6.45) is 5.23. The highest BCUT2D eigenvalue weighted by Gasteiger charge is 2.42. The first-order chi connectivity index (χ1) is 8.44. The number of hydrogen-bond acceptors (Lipinski definition) is 2. The van der Waals surface area contributed by atoms with E-state index in [1.54, 1.807) is 0 Å². The molecule has 3 nitrogen and oxygen atoms in total. The van der Waals surface area contributed by atoms with Crippen molar-refractivity contribution in [1.29, 1.82) is 5.26 Å². The lowest BCUT2D eigenvalue weighted by Crippen LogP contribution is -2.35. The molecule has 98 valence electrons. The van der Waals surface area contributed by atoms with Gasteiger partial charge >= 0.3 is 0 Å². The zero-order valence-electron chi connectivity index (χ0n) is 11.7. The fourth-order valence-electron chi connectivity index (χ4n) is 2.22. The Hall–Kier alpha value is -1.27. The zero-order chi connectivity index (χ0) is 13.2. The van der Waals surface area contributed by atoms with Crippen LogP contribution >= 0.6 is 0 Å². The Kier molecular flexibility index (Phi) is 3.49. The van der Waals surface area contributed by atoms with Crippen LogP contribution in [0.2, 0.25) is 0 Å². The maximum Gasteiger partial charge on any atom is 0.0628 e. The van der Waals surface area contributed by atoms with Crippen molar-refractivity contribution in [3.63, 3.8) is 0 Å². The summed E-state index contributed by atoms with van der Waals surface area (Å²) < 4.78 is 2.31. The van der Waals surface area contributed by atoms with Crippen molar-refractivity contribution in [3.05, 3.63) is 24.0 Å². The first-order valence-corrected chi connectivity index (χ1v) is 6.70. The van der Waals surface area contributed by atoms with E-state index in [2.05, 4.69) is 55.1 Å². The fraction of sp³-hybridized carbons (Fsp3) is 0.667. The quantitative estimate of drug-likeness (QED) is 0.866. The van der Waals surface area contributed by atoms with Gasteiger partial charge in [-0.25, -0.2) is 0 Å². The molecule has 1 N–H and O–H groups in total. The van der Waals surface area contributed by atoms with Gasteiger partial charge in [0.2, 0.25) is 0 Å². The van der Waals surface area contributed by atoms with Crippen molar-refractivity contribution in [2.24, 2.45) is 5.41 Å². The van der Waals surface area contributed by atoms with Crippen molar-refractivity contribution in [3.8, 4) is 6.07 Å². The van der Waals surface area contributed by atoms with Gasteiger partial charge in [0.25, 0.3) is 0 Å². The molecule has 1 fully saturated rings. The van der Waals surface area contributed by atoms with Gasteiger partial charge in [-0.2, -0.15) is 5.26 Å². The van der Waals surface area contributed by atoms with Gasteiger partial charge in [0, 0.05) is 42.4 Å². The Morgan fingerprint density at radius 3 is 2.72 bits per heavy atom. The molecular formula is C15H23N3. The van der Waals surface area contributed by atoms with E-state index in [1.165, 1.54) is 18.5 Å². The molecule has 1 aromatic rings. The van der Waals surface area contributed by atoms with Crippen LogP contribution in [0.15, 0.2) is 18.3 Å². The second kappa shape index (κ2) is 4.78. The van der Waals surface area contributed by atoms with Crippen molar-refractivity contribution in [1.82, 2.24) is 9.88 Å². The number of hydrogen-bond donors (Lipinski definition) is 1. The second-order valence-corrected chi connectivity index (χ2v) is 6.57. The summed E-state index contributed by atoms with van der Waals surface area (Å²) in [6, 6.07) is 6.60. The minimum atomic E-state index is 0.138. The second-order valence-electron chi connectivity index (χ2n) is 6.57. The van der Waals surface area contributed by atoms with Gasteiger partial charge in [0.1, 0.15) is 0 Å². The third kappa shape index (κ3) is 3.36. The van der Waals surface area contributed by atoms with Gasteiger partial charge in [0.15, 0.2) is 0 Å². The Labute approximate surface area is 110 Å². The summed E-state index contributed by atoms with van der Waals surface area (Å²) in [7, 11) is 0. The number of rotatable bonds is 5. The van der Waals surface area contributed by atoms with Gasteiger partial charge in [-0.05, 0) is 45.7 Å². The van der Waals surface area contributed by atoms with Gasteiger partial charge < -0.3 is 9.88 Å². The normalized spacial score (nSPS) is 17.4. The summed E-state index contributed by atoms with van der Waals surface area (Å²) in [5.74, 6) is 0. The minimum absolute atomic E-state index is 0.138. The van der Waals surface area contributed by atoms with Crippen LogP contribution < -0.4 is 5.32 Å². The van der Waals surface area contributed by atoms with Crippen LogP contribution in [0.3, 0.4) is 0 Å². The molecular weight excluding hydrogens is 222 g/mol. The molecule has 0 bridgehead atoms. The maximum absolute atomic E-state index is 8.88. The molecule has 0 aliphatic heterocycles. The van der Waals surface area contributed by atoms with E-state index in [0.29, 0.717) is 6.42 Å². The molecule has 0 radical (unpaired) electrons. The number of aromatic nitrogens is 1. The Bertz CT molecular complexity index is 441. The molecule has 0 amide bonds. The van der Waals surface area contributed by atoms with Gasteiger partial charge in [-0.1, -0.05) is 0 Å². The largest absolute Gasteiger partial charge is 0.350 e. The monoisotopic (exact) mass is 245 g/mol. The molecule has 1 aliphatic carbocycles. The summed E-state index contributed by atoms with van der Waals surface area (Å²) in [6.45, 7) is 8.42. The molecule has 0 unspecified atom stereocenters. The maximum atomic E-state index is 8.88. The summed E-state index contributed by atoms with van der Waals surface area (Å²) in [5.41, 5.74) is 1.72. The van der Waals surface area contributed by atoms with Gasteiger partial charge in [-0.3, -0.25) is 0 Å². The Morgan fingerprint density at radius 1 is 1.44 bits per heavy atom. The molecule has 1 aromatic heterocycles. The summed E-state index contributed by atoms with van der Waals surface area (Å²) in [4.78, 5) is 0. The van der Waals surface area contributed by atoms with Crippen LogP contribution in [-0.2, 0) is 13.1 Å². The van der Waals surface area contributed by atoms with E-state index in [1.807, 2.05) is 0 Å². The van der Waals surface area contributed by atoms with Crippen LogP contribution in [0, 0.1) is 16.7 Å². The highest BCUT2D eigenvalue weighted by atomic mass is 15.0. The molecule has 18 heavy (non-hydrogen) atoms. The fourth-order valence-corrected chi connectivity index (χ4v) is 2.22. The molecule has 3 heteroatoms. The number of nitriles is 1. The SMILES string of the molecule is CC(C)(C)NCc1cccn1CC1(CC#N)CC1. The summed E-state index contributed by atoms with van der Waals surface area (Å²) in [5, 5.41) is 12.4. The van der Waals surface area contributed by atoms with Gasteiger partial charge in [-0.15, -0.1) is 0 Å². The van der Waals surface area contributed by atoms with Gasteiger partial charge in [0.05, 0.1) is 6.07 Å². The average molecular weight is 245 g/mol. The molecule has 1 aliphatic rings. The van der Waals surface area contributed by atoms with Crippen LogP contribution in [0.4, 0.5) is 0 Å². The first-order valence-electron chi connectivity index (χ1n) is 6.70. The predicted octanol–water partition coefficient (Wildman–Crippen LogP) is 3.07. The number of nitrogens with one attached hydrogen (secondary N) is 1. The minimum Gasteiger partial charge on any atom is -0.350 e. The van der Waals surface area contributed by atoms with E-state index >= 15 is 0 Å². The molecule has 0 aromatic carbocycles. The van der Waals surface area contributed by atoms with Crippen LogP contribution in [0.5, 0.6) is 0 Å². The van der Waals surface area contributed by atoms with E-state index in [4.69, 9.17) is 5.26 Å². The third-order valence-corrected chi connectivity index (χ3v) is 3.64. The lowest BCUT2D eigenvalue weighted by atomic mass is 10.0. The molecule has 1 saturated carbocycles. The molecule has 0 saturated heterocycles. The number of nitrogens with zero attached hydrogens (tertiary/aromatic N) is 2. The van der Waals surface area contributed by atoms with E-state index in [-0.39, 0.29) is 11.0 Å². The van der Waals surface area contributed by atoms with E-state index < -0.39 is 0 Å². The smallest absolute Gasteiger partial charge is 0.0628 e. The highest BCUT2D eigenvalue weighted by molar-refractivity contribution is 5.10. The molecule has 0 atom stereocenters. The lowest BCUT2D eigenvalue weighted by molar-refractivity contribution is 0.393. The van der Waals surface area contributed by atoms with Crippen molar-refractivity contribution in [2.45, 2.75) is 58.7 Å². The third-order valence-electron chi connectivity index (χ3n) is 3.64. The molecule has 2 rings (SSSR count). The first kappa shape index (κ1) is 13.2. The van der Waals surface area contributed by atoms with Crippen molar-refractivity contribution in [2.75, 3.05) is 0 Å². The Balaban J connectivity index is 1.98. The predicted molar refractivity (Wildman–Crippen MR) is 72.9 cm³/mol. The average Bonchev–Trinajstić information content (AvgIpc) is 2.87. The van der Waals surface area contributed by atoms with Crippen LogP contribution in [0.25, 0.3) is 0 Å². The molecule has 0 spiro atoms. The Morgan fingerprint density at radius 2 is 2.17 bits per heavy atom.